The lowest BCUT2D eigenvalue weighted by Gasteiger charge is -2.25. The third kappa shape index (κ3) is 5.44. The topological polar surface area (TPSA) is 70.5 Å². The molecule has 1 heterocycles. The van der Waals surface area contributed by atoms with E-state index in [1.807, 2.05) is 55.5 Å². The van der Waals surface area contributed by atoms with Crippen molar-refractivity contribution in [3.63, 3.8) is 0 Å². The first-order chi connectivity index (χ1) is 14.9. The normalized spacial score (nSPS) is 10.6. The fourth-order valence-electron chi connectivity index (χ4n) is 3.18. The molecule has 0 spiro atoms. The van der Waals surface area contributed by atoms with Crippen LogP contribution in [0.4, 0.5) is 10.6 Å². The molecule has 0 saturated carbocycles. The summed E-state index contributed by atoms with van der Waals surface area (Å²) in [4.78, 5) is 28.2. The second-order valence-corrected chi connectivity index (χ2v) is 7.70. The van der Waals surface area contributed by atoms with Crippen LogP contribution in [0.3, 0.4) is 0 Å². The predicted octanol–water partition coefficient (Wildman–Crippen LogP) is 4.52. The van der Waals surface area contributed by atoms with Crippen LogP contribution in [-0.2, 0) is 4.79 Å². The fraction of sp³-hybridized carbons (Fsp3) is 0.261. The maximum absolute atomic E-state index is 12.8. The molecule has 8 heteroatoms. The van der Waals surface area contributed by atoms with Crippen LogP contribution in [-0.4, -0.2) is 58.7 Å². The number of amides is 3. The standard InChI is InChI=1S/C23H26ClN5O2/c1-4-14-28(23(31)27(2)3)16-22(30)25-21-15-19(17-10-6-5-7-11-17)26-29(21)20-13-9-8-12-18(20)24/h5-13,15H,4,14,16H2,1-3H3,(H,25,30). The number of hydrogen-bond donors (Lipinski definition) is 1. The molecule has 1 aromatic heterocycles. The van der Waals surface area contributed by atoms with Gasteiger partial charge in [0, 0.05) is 32.3 Å². The Kier molecular flexibility index (Phi) is 7.31. The first kappa shape index (κ1) is 22.4. The number of aromatic nitrogens is 2. The fourth-order valence-corrected chi connectivity index (χ4v) is 3.39. The van der Waals surface area contributed by atoms with Gasteiger partial charge in [-0.05, 0) is 18.6 Å². The Bertz CT molecular complexity index is 1050. The van der Waals surface area contributed by atoms with Crippen LogP contribution in [0.2, 0.25) is 5.02 Å². The van der Waals surface area contributed by atoms with E-state index in [4.69, 9.17) is 11.6 Å². The first-order valence-electron chi connectivity index (χ1n) is 10.1. The highest BCUT2D eigenvalue weighted by atomic mass is 35.5. The number of hydrogen-bond acceptors (Lipinski definition) is 3. The highest BCUT2D eigenvalue weighted by Gasteiger charge is 2.20. The molecule has 0 bridgehead atoms. The molecule has 31 heavy (non-hydrogen) atoms. The maximum atomic E-state index is 12.8. The average molecular weight is 440 g/mol. The summed E-state index contributed by atoms with van der Waals surface area (Å²) >= 11 is 6.39. The van der Waals surface area contributed by atoms with Crippen molar-refractivity contribution in [1.82, 2.24) is 19.6 Å². The van der Waals surface area contributed by atoms with Crippen molar-refractivity contribution < 1.29 is 9.59 Å². The zero-order valence-corrected chi connectivity index (χ0v) is 18.6. The Labute approximate surface area is 187 Å². The number of carbonyl (C=O) groups excluding carboxylic acids is 2. The van der Waals surface area contributed by atoms with Gasteiger partial charge in [0.2, 0.25) is 5.91 Å². The molecule has 0 unspecified atom stereocenters. The van der Waals surface area contributed by atoms with Gasteiger partial charge in [0.05, 0.1) is 16.4 Å². The smallest absolute Gasteiger partial charge is 0.319 e. The molecule has 0 radical (unpaired) electrons. The summed E-state index contributed by atoms with van der Waals surface area (Å²) in [7, 11) is 3.34. The molecule has 0 saturated heterocycles. The number of urea groups is 1. The van der Waals surface area contributed by atoms with E-state index in [1.165, 1.54) is 9.80 Å². The molecule has 0 aliphatic carbocycles. The lowest BCUT2D eigenvalue weighted by molar-refractivity contribution is -0.116. The van der Waals surface area contributed by atoms with E-state index < -0.39 is 0 Å². The number of carbonyl (C=O) groups is 2. The van der Waals surface area contributed by atoms with Gasteiger partial charge in [-0.2, -0.15) is 5.10 Å². The number of rotatable bonds is 7. The Morgan fingerprint density at radius 3 is 2.39 bits per heavy atom. The molecule has 0 aliphatic heterocycles. The van der Waals surface area contributed by atoms with Gasteiger partial charge >= 0.3 is 6.03 Å². The van der Waals surface area contributed by atoms with Crippen LogP contribution >= 0.6 is 11.6 Å². The number of benzene rings is 2. The molecule has 0 fully saturated rings. The highest BCUT2D eigenvalue weighted by molar-refractivity contribution is 6.32. The molecule has 162 valence electrons. The number of anilines is 1. The van der Waals surface area contributed by atoms with E-state index in [0.29, 0.717) is 28.8 Å². The van der Waals surface area contributed by atoms with Crippen molar-refractivity contribution in [1.29, 1.82) is 0 Å². The van der Waals surface area contributed by atoms with Crippen molar-refractivity contribution in [2.45, 2.75) is 13.3 Å². The van der Waals surface area contributed by atoms with Crippen LogP contribution in [0.25, 0.3) is 16.9 Å². The van der Waals surface area contributed by atoms with Crippen LogP contribution in [0.5, 0.6) is 0 Å². The van der Waals surface area contributed by atoms with Gasteiger partial charge in [-0.15, -0.1) is 0 Å². The Morgan fingerprint density at radius 2 is 1.74 bits per heavy atom. The first-order valence-corrected chi connectivity index (χ1v) is 10.4. The zero-order chi connectivity index (χ0) is 22.4. The highest BCUT2D eigenvalue weighted by Crippen LogP contribution is 2.28. The average Bonchev–Trinajstić information content (AvgIpc) is 3.17. The Morgan fingerprint density at radius 1 is 1.06 bits per heavy atom. The molecule has 0 aliphatic rings. The third-order valence-corrected chi connectivity index (χ3v) is 4.93. The van der Waals surface area contributed by atoms with Gasteiger partial charge in [0.15, 0.2) is 0 Å². The number of nitrogens with zero attached hydrogens (tertiary/aromatic N) is 4. The molecule has 3 aromatic rings. The van der Waals surface area contributed by atoms with Crippen LogP contribution in [0, 0.1) is 0 Å². The number of nitrogens with one attached hydrogen (secondary N) is 1. The van der Waals surface area contributed by atoms with Crippen molar-refractivity contribution in [2.24, 2.45) is 0 Å². The monoisotopic (exact) mass is 439 g/mol. The van der Waals surface area contributed by atoms with E-state index in [-0.39, 0.29) is 18.5 Å². The minimum atomic E-state index is -0.309. The van der Waals surface area contributed by atoms with Gasteiger partial charge in [-0.3, -0.25) is 4.79 Å². The number of para-hydroxylation sites is 1. The largest absolute Gasteiger partial charge is 0.331 e. The minimum absolute atomic E-state index is 0.0563. The summed E-state index contributed by atoms with van der Waals surface area (Å²) < 4.78 is 1.61. The van der Waals surface area contributed by atoms with Crippen LogP contribution in [0.1, 0.15) is 13.3 Å². The lowest BCUT2D eigenvalue weighted by Crippen LogP contribution is -2.43. The summed E-state index contributed by atoms with van der Waals surface area (Å²) in [5.41, 5.74) is 2.27. The summed E-state index contributed by atoms with van der Waals surface area (Å²) in [6, 6.07) is 18.6. The molecular weight excluding hydrogens is 414 g/mol. The van der Waals surface area contributed by atoms with E-state index in [0.717, 1.165) is 12.0 Å². The van der Waals surface area contributed by atoms with Crippen molar-refractivity contribution >= 4 is 29.4 Å². The predicted molar refractivity (Wildman–Crippen MR) is 124 cm³/mol. The van der Waals surface area contributed by atoms with Gasteiger partial charge < -0.3 is 15.1 Å². The SMILES string of the molecule is CCCN(CC(=O)Nc1cc(-c2ccccc2)nn1-c1ccccc1Cl)C(=O)N(C)C. The molecule has 3 amide bonds. The second-order valence-electron chi connectivity index (χ2n) is 7.29. The zero-order valence-electron chi connectivity index (χ0n) is 17.9. The van der Waals surface area contributed by atoms with E-state index in [2.05, 4.69) is 10.4 Å². The van der Waals surface area contributed by atoms with Gasteiger partial charge in [0.1, 0.15) is 12.4 Å². The molecular formula is C23H26ClN5O2. The van der Waals surface area contributed by atoms with Crippen molar-refractivity contribution in [3.8, 4) is 16.9 Å². The Balaban J connectivity index is 1.92. The summed E-state index contributed by atoms with van der Waals surface area (Å²) in [6.45, 7) is 2.40. The van der Waals surface area contributed by atoms with E-state index in [9.17, 15) is 9.59 Å². The van der Waals surface area contributed by atoms with Crippen LogP contribution < -0.4 is 5.32 Å². The second kappa shape index (κ2) is 10.1. The van der Waals surface area contributed by atoms with Gasteiger partial charge in [0.25, 0.3) is 0 Å². The van der Waals surface area contributed by atoms with E-state index >= 15 is 0 Å². The van der Waals surface area contributed by atoms with Gasteiger partial charge in [-0.25, -0.2) is 9.48 Å². The molecule has 0 atom stereocenters. The van der Waals surface area contributed by atoms with Gasteiger partial charge in [-0.1, -0.05) is 61.0 Å². The van der Waals surface area contributed by atoms with Crippen molar-refractivity contribution in [3.05, 3.63) is 65.7 Å². The summed E-state index contributed by atoms with van der Waals surface area (Å²) in [6.07, 6.45) is 0.753. The number of halogens is 1. The molecule has 2 aromatic carbocycles. The molecule has 1 N–H and O–H groups in total. The summed E-state index contributed by atoms with van der Waals surface area (Å²) in [5, 5.41) is 8.08. The van der Waals surface area contributed by atoms with Crippen molar-refractivity contribution in [2.75, 3.05) is 32.5 Å². The minimum Gasteiger partial charge on any atom is -0.331 e. The Hall–Kier alpha value is -3.32. The maximum Gasteiger partial charge on any atom is 0.319 e. The molecule has 7 nitrogen and oxygen atoms in total. The quantitative estimate of drug-likeness (QED) is 0.588. The third-order valence-electron chi connectivity index (χ3n) is 4.61. The molecule has 3 rings (SSSR count). The van der Waals surface area contributed by atoms with E-state index in [1.54, 1.807) is 30.9 Å². The van der Waals surface area contributed by atoms with Crippen LogP contribution in [0.15, 0.2) is 60.7 Å². The summed E-state index contributed by atoms with van der Waals surface area (Å²) in [5.74, 6) is 0.169. The lowest BCUT2D eigenvalue weighted by atomic mass is 10.1.